The highest BCUT2D eigenvalue weighted by atomic mass is 79.9. The van der Waals surface area contributed by atoms with E-state index in [0.29, 0.717) is 4.88 Å². The number of thiophene rings is 1. The summed E-state index contributed by atoms with van der Waals surface area (Å²) >= 11 is 4.79. The highest BCUT2D eigenvalue weighted by Gasteiger charge is 2.12. The van der Waals surface area contributed by atoms with Gasteiger partial charge in [-0.2, -0.15) is 0 Å². The molecule has 0 aliphatic rings. The molecule has 2 amide bonds. The molecule has 0 fully saturated rings. The number of carbonyl (C=O) groups is 2. The van der Waals surface area contributed by atoms with Crippen molar-refractivity contribution in [1.29, 1.82) is 0 Å². The SMILES string of the molecule is Cc1ccc(C(=O)NCC(=O)N[C@@H](C)c2ccc(Br)cc2)s1. The first kappa shape index (κ1) is 16.7. The zero-order chi connectivity index (χ0) is 16.1. The number of nitrogens with one attached hydrogen (secondary N) is 2. The van der Waals surface area contributed by atoms with Crippen molar-refractivity contribution in [3.05, 3.63) is 56.2 Å². The van der Waals surface area contributed by atoms with Crippen LogP contribution in [0, 0.1) is 6.92 Å². The third-order valence-electron chi connectivity index (χ3n) is 3.12. The van der Waals surface area contributed by atoms with Crippen LogP contribution >= 0.6 is 27.3 Å². The zero-order valence-electron chi connectivity index (χ0n) is 12.4. The Morgan fingerprint density at radius 1 is 1.18 bits per heavy atom. The molecule has 1 atom stereocenters. The summed E-state index contributed by atoms with van der Waals surface area (Å²) in [5.74, 6) is -0.429. The molecular weight excluding hydrogens is 364 g/mol. The monoisotopic (exact) mass is 380 g/mol. The number of carbonyl (C=O) groups excluding carboxylic acids is 2. The van der Waals surface area contributed by atoms with Crippen molar-refractivity contribution >= 4 is 39.1 Å². The van der Waals surface area contributed by atoms with E-state index in [1.54, 1.807) is 6.07 Å². The van der Waals surface area contributed by atoms with E-state index in [1.807, 2.05) is 44.2 Å². The van der Waals surface area contributed by atoms with Gasteiger partial charge in [0.05, 0.1) is 17.5 Å². The Labute approximate surface area is 142 Å². The normalized spacial score (nSPS) is 11.8. The first-order chi connectivity index (χ1) is 10.5. The average molecular weight is 381 g/mol. The molecule has 2 aromatic rings. The van der Waals surface area contributed by atoms with Crippen molar-refractivity contribution in [2.75, 3.05) is 6.54 Å². The quantitative estimate of drug-likeness (QED) is 0.834. The van der Waals surface area contributed by atoms with Gasteiger partial charge in [-0.25, -0.2) is 0 Å². The molecular formula is C16H17BrN2O2S. The standard InChI is InChI=1S/C16H17BrN2O2S/c1-10-3-8-14(22-10)16(21)18-9-15(20)19-11(2)12-4-6-13(17)7-5-12/h3-8,11H,9H2,1-2H3,(H,18,21)(H,19,20)/t11-/m0/s1. The van der Waals surface area contributed by atoms with Crippen LogP contribution in [0.1, 0.15) is 33.1 Å². The molecule has 0 bridgehead atoms. The van der Waals surface area contributed by atoms with Gasteiger partial charge in [0.1, 0.15) is 0 Å². The van der Waals surface area contributed by atoms with E-state index in [-0.39, 0.29) is 24.4 Å². The second kappa shape index (κ2) is 7.56. The zero-order valence-corrected chi connectivity index (χ0v) is 14.8. The lowest BCUT2D eigenvalue weighted by Gasteiger charge is -2.14. The number of aryl methyl sites for hydroxylation is 1. The maximum atomic E-state index is 11.9. The predicted molar refractivity (Wildman–Crippen MR) is 92.1 cm³/mol. The summed E-state index contributed by atoms with van der Waals surface area (Å²) < 4.78 is 0.994. The first-order valence-corrected chi connectivity index (χ1v) is 8.46. The lowest BCUT2D eigenvalue weighted by Crippen LogP contribution is -2.37. The number of benzene rings is 1. The van der Waals surface area contributed by atoms with Crippen LogP contribution in [0.3, 0.4) is 0 Å². The minimum atomic E-state index is -0.218. The minimum absolute atomic E-state index is 0.0311. The lowest BCUT2D eigenvalue weighted by atomic mass is 10.1. The van der Waals surface area contributed by atoms with E-state index in [9.17, 15) is 9.59 Å². The van der Waals surface area contributed by atoms with Crippen LogP contribution < -0.4 is 10.6 Å². The number of hydrogen-bond acceptors (Lipinski definition) is 3. The molecule has 2 N–H and O–H groups in total. The van der Waals surface area contributed by atoms with Crippen molar-refractivity contribution in [3.63, 3.8) is 0 Å². The van der Waals surface area contributed by atoms with Gasteiger partial charge in [-0.3, -0.25) is 9.59 Å². The van der Waals surface area contributed by atoms with Crippen molar-refractivity contribution in [2.45, 2.75) is 19.9 Å². The van der Waals surface area contributed by atoms with Gasteiger partial charge < -0.3 is 10.6 Å². The summed E-state index contributed by atoms with van der Waals surface area (Å²) in [4.78, 5) is 25.5. The molecule has 0 saturated heterocycles. The second-order valence-corrected chi connectivity index (χ2v) is 7.14. The van der Waals surface area contributed by atoms with Crippen LogP contribution in [0.15, 0.2) is 40.9 Å². The molecule has 0 saturated carbocycles. The van der Waals surface area contributed by atoms with Gasteiger partial charge in [-0.1, -0.05) is 28.1 Å². The van der Waals surface area contributed by atoms with Crippen molar-refractivity contribution < 1.29 is 9.59 Å². The molecule has 6 heteroatoms. The van der Waals surface area contributed by atoms with Gasteiger partial charge in [0.25, 0.3) is 5.91 Å². The van der Waals surface area contributed by atoms with Crippen LogP contribution in [-0.4, -0.2) is 18.4 Å². The second-order valence-electron chi connectivity index (χ2n) is 4.93. The van der Waals surface area contributed by atoms with Crippen LogP contribution in [0.5, 0.6) is 0 Å². The van der Waals surface area contributed by atoms with Crippen molar-refractivity contribution in [3.8, 4) is 0 Å². The van der Waals surface area contributed by atoms with E-state index in [0.717, 1.165) is 14.9 Å². The van der Waals surface area contributed by atoms with E-state index in [2.05, 4.69) is 26.6 Å². The molecule has 1 heterocycles. The van der Waals surface area contributed by atoms with E-state index >= 15 is 0 Å². The summed E-state index contributed by atoms with van der Waals surface area (Å²) in [7, 11) is 0. The number of rotatable bonds is 5. The summed E-state index contributed by atoms with van der Waals surface area (Å²) in [5, 5.41) is 5.49. The molecule has 0 spiro atoms. The molecule has 2 rings (SSSR count). The van der Waals surface area contributed by atoms with E-state index in [4.69, 9.17) is 0 Å². The maximum Gasteiger partial charge on any atom is 0.261 e. The molecule has 0 radical (unpaired) electrons. The van der Waals surface area contributed by atoms with Gasteiger partial charge in [-0.15, -0.1) is 11.3 Å². The summed E-state index contributed by atoms with van der Waals surface area (Å²) in [6.07, 6.45) is 0. The minimum Gasteiger partial charge on any atom is -0.348 e. The number of hydrogen-bond donors (Lipinski definition) is 2. The molecule has 0 unspecified atom stereocenters. The van der Waals surface area contributed by atoms with Crippen molar-refractivity contribution in [1.82, 2.24) is 10.6 Å². The maximum absolute atomic E-state index is 11.9. The Balaban J connectivity index is 1.82. The molecule has 0 aliphatic heterocycles. The Morgan fingerprint density at radius 3 is 2.45 bits per heavy atom. The topological polar surface area (TPSA) is 58.2 Å². The predicted octanol–water partition coefficient (Wildman–Crippen LogP) is 3.43. The third-order valence-corrected chi connectivity index (χ3v) is 4.65. The smallest absolute Gasteiger partial charge is 0.261 e. The average Bonchev–Trinajstić information content (AvgIpc) is 2.92. The van der Waals surface area contributed by atoms with Gasteiger partial charge in [-0.05, 0) is 43.7 Å². The lowest BCUT2D eigenvalue weighted by molar-refractivity contribution is -0.120. The highest BCUT2D eigenvalue weighted by Crippen LogP contribution is 2.16. The largest absolute Gasteiger partial charge is 0.348 e. The van der Waals surface area contributed by atoms with Crippen LogP contribution in [0.2, 0.25) is 0 Å². The van der Waals surface area contributed by atoms with Gasteiger partial charge >= 0.3 is 0 Å². The summed E-state index contributed by atoms with van der Waals surface area (Å²) in [5.41, 5.74) is 1.01. The fourth-order valence-electron chi connectivity index (χ4n) is 1.93. The fraction of sp³-hybridized carbons (Fsp3) is 0.250. The Bertz CT molecular complexity index is 667. The Morgan fingerprint density at radius 2 is 1.86 bits per heavy atom. The number of halogens is 1. The number of amides is 2. The summed E-state index contributed by atoms with van der Waals surface area (Å²) in [6.45, 7) is 3.82. The summed E-state index contributed by atoms with van der Waals surface area (Å²) in [6, 6.07) is 11.3. The Hall–Kier alpha value is -1.66. The molecule has 0 aliphatic carbocycles. The first-order valence-electron chi connectivity index (χ1n) is 6.85. The third kappa shape index (κ3) is 4.68. The van der Waals surface area contributed by atoms with Crippen LogP contribution in [0.4, 0.5) is 0 Å². The molecule has 1 aromatic heterocycles. The van der Waals surface area contributed by atoms with Gasteiger partial charge in [0.15, 0.2) is 0 Å². The molecule has 116 valence electrons. The molecule has 1 aromatic carbocycles. The highest BCUT2D eigenvalue weighted by molar-refractivity contribution is 9.10. The van der Waals surface area contributed by atoms with Crippen LogP contribution in [0.25, 0.3) is 0 Å². The molecule has 4 nitrogen and oxygen atoms in total. The molecule has 22 heavy (non-hydrogen) atoms. The van der Waals surface area contributed by atoms with E-state index < -0.39 is 0 Å². The van der Waals surface area contributed by atoms with Crippen LogP contribution in [-0.2, 0) is 4.79 Å². The van der Waals surface area contributed by atoms with Crippen molar-refractivity contribution in [2.24, 2.45) is 0 Å². The Kier molecular flexibility index (Phi) is 5.74. The van der Waals surface area contributed by atoms with Gasteiger partial charge in [0.2, 0.25) is 5.91 Å². The van der Waals surface area contributed by atoms with Gasteiger partial charge in [0, 0.05) is 9.35 Å². The fourth-order valence-corrected chi connectivity index (χ4v) is 2.98. The van der Waals surface area contributed by atoms with E-state index in [1.165, 1.54) is 11.3 Å².